The third-order valence-electron chi connectivity index (χ3n) is 4.95. The lowest BCUT2D eigenvalue weighted by Crippen LogP contribution is -2.41. The molecule has 2 fully saturated rings. The molecule has 7 heteroatoms. The first kappa shape index (κ1) is 15.3. The van der Waals surface area contributed by atoms with Crippen molar-refractivity contribution in [1.29, 1.82) is 0 Å². The number of aliphatic hydroxyl groups is 1. The van der Waals surface area contributed by atoms with Gasteiger partial charge in [0.05, 0.1) is 18.6 Å². The van der Waals surface area contributed by atoms with Crippen LogP contribution >= 0.6 is 11.3 Å². The lowest BCUT2D eigenvalue weighted by Gasteiger charge is -2.30. The second kappa shape index (κ2) is 6.68. The van der Waals surface area contributed by atoms with E-state index in [4.69, 9.17) is 4.74 Å². The molecule has 4 rings (SSSR count). The van der Waals surface area contributed by atoms with Gasteiger partial charge in [-0.3, -0.25) is 4.90 Å². The maximum Gasteiger partial charge on any atom is 0.140 e. The van der Waals surface area contributed by atoms with Crippen LogP contribution in [0.5, 0.6) is 0 Å². The zero-order valence-corrected chi connectivity index (χ0v) is 13.9. The van der Waals surface area contributed by atoms with Gasteiger partial charge < -0.3 is 14.7 Å². The van der Waals surface area contributed by atoms with Crippen molar-refractivity contribution in [2.45, 2.75) is 0 Å². The van der Waals surface area contributed by atoms with Crippen LogP contribution in [0, 0.1) is 11.8 Å². The first-order valence-corrected chi connectivity index (χ1v) is 9.07. The summed E-state index contributed by atoms with van der Waals surface area (Å²) in [6, 6.07) is 2.10. The Bertz CT molecular complexity index is 658. The molecule has 0 saturated carbocycles. The second-order valence-electron chi connectivity index (χ2n) is 6.36. The summed E-state index contributed by atoms with van der Waals surface area (Å²) in [5, 5.41) is 13.0. The van der Waals surface area contributed by atoms with Gasteiger partial charge in [0.25, 0.3) is 0 Å². The summed E-state index contributed by atoms with van der Waals surface area (Å²) < 4.78 is 5.43. The van der Waals surface area contributed by atoms with E-state index in [0.29, 0.717) is 11.8 Å². The molecule has 4 heterocycles. The first-order valence-electron chi connectivity index (χ1n) is 8.19. The van der Waals surface area contributed by atoms with E-state index < -0.39 is 0 Å². The van der Waals surface area contributed by atoms with Gasteiger partial charge in [0, 0.05) is 45.2 Å². The van der Waals surface area contributed by atoms with Gasteiger partial charge in [0.1, 0.15) is 17.0 Å². The summed E-state index contributed by atoms with van der Waals surface area (Å²) in [6.07, 6.45) is 1.65. The van der Waals surface area contributed by atoms with Gasteiger partial charge in [-0.1, -0.05) is 0 Å². The van der Waals surface area contributed by atoms with E-state index in [9.17, 15) is 5.11 Å². The molecule has 6 nitrogen and oxygen atoms in total. The Balaban J connectivity index is 1.51. The fourth-order valence-corrected chi connectivity index (χ4v) is 4.40. The number of fused-ring (bicyclic) bond motifs is 1. The molecule has 2 aromatic rings. The number of ether oxygens (including phenoxy) is 1. The van der Waals surface area contributed by atoms with Crippen LogP contribution in [0.1, 0.15) is 0 Å². The highest BCUT2D eigenvalue weighted by Crippen LogP contribution is 2.33. The average Bonchev–Trinajstić information content (AvgIpc) is 3.22. The van der Waals surface area contributed by atoms with Crippen LogP contribution in [-0.2, 0) is 4.74 Å². The predicted molar refractivity (Wildman–Crippen MR) is 91.0 cm³/mol. The molecule has 2 aliphatic heterocycles. The van der Waals surface area contributed by atoms with Crippen molar-refractivity contribution >= 4 is 27.4 Å². The number of anilines is 1. The number of thiophene rings is 1. The molecular formula is C16H22N4O2S. The number of aromatic nitrogens is 2. The van der Waals surface area contributed by atoms with Crippen molar-refractivity contribution in [2.24, 2.45) is 11.8 Å². The molecule has 0 aromatic carbocycles. The molecule has 0 unspecified atom stereocenters. The largest absolute Gasteiger partial charge is 0.396 e. The Morgan fingerprint density at radius 2 is 2.04 bits per heavy atom. The zero-order valence-electron chi connectivity index (χ0n) is 13.1. The highest BCUT2D eigenvalue weighted by atomic mass is 32.1. The summed E-state index contributed by atoms with van der Waals surface area (Å²) >= 11 is 1.65. The van der Waals surface area contributed by atoms with Gasteiger partial charge in [0.2, 0.25) is 0 Å². The molecule has 0 aliphatic carbocycles. The van der Waals surface area contributed by atoms with Crippen molar-refractivity contribution in [3.8, 4) is 0 Å². The first-order chi connectivity index (χ1) is 11.3. The number of hydrogen-bond acceptors (Lipinski definition) is 7. The number of aliphatic hydroxyl groups excluding tert-OH is 1. The Morgan fingerprint density at radius 3 is 2.87 bits per heavy atom. The van der Waals surface area contributed by atoms with Gasteiger partial charge >= 0.3 is 0 Å². The lowest BCUT2D eigenvalue weighted by molar-refractivity contribution is 0.0268. The quantitative estimate of drug-likeness (QED) is 0.902. The van der Waals surface area contributed by atoms with E-state index in [-0.39, 0.29) is 6.61 Å². The van der Waals surface area contributed by atoms with Crippen molar-refractivity contribution < 1.29 is 9.84 Å². The van der Waals surface area contributed by atoms with Crippen LogP contribution in [0.3, 0.4) is 0 Å². The third-order valence-corrected chi connectivity index (χ3v) is 5.77. The molecule has 1 N–H and O–H groups in total. The van der Waals surface area contributed by atoms with Crippen LogP contribution in [-0.4, -0.2) is 72.5 Å². The molecule has 0 radical (unpaired) electrons. The fraction of sp³-hybridized carbons (Fsp3) is 0.625. The molecular weight excluding hydrogens is 312 g/mol. The van der Waals surface area contributed by atoms with Gasteiger partial charge in [-0.15, -0.1) is 11.3 Å². The molecule has 2 atom stereocenters. The van der Waals surface area contributed by atoms with Gasteiger partial charge in [0.15, 0.2) is 0 Å². The molecule has 0 amide bonds. The minimum atomic E-state index is 0.239. The topological polar surface area (TPSA) is 61.7 Å². The smallest absolute Gasteiger partial charge is 0.140 e. The Kier molecular flexibility index (Phi) is 4.43. The van der Waals surface area contributed by atoms with E-state index >= 15 is 0 Å². The van der Waals surface area contributed by atoms with Crippen LogP contribution in [0.4, 0.5) is 5.82 Å². The predicted octanol–water partition coefficient (Wildman–Crippen LogP) is 1.07. The maximum atomic E-state index is 9.80. The standard InChI is InChI=1S/C16H22N4O2S/c21-10-13-9-20(8-12(13)7-19-2-4-22-5-3-19)15-14-1-6-23-16(14)18-11-17-15/h1,6,11-13,21H,2-5,7-10H2/t12-,13-/m1/s1. The van der Waals surface area contributed by atoms with Crippen molar-refractivity contribution in [2.75, 3.05) is 57.4 Å². The summed E-state index contributed by atoms with van der Waals surface area (Å²) in [4.78, 5) is 14.7. The van der Waals surface area contributed by atoms with E-state index in [0.717, 1.165) is 62.0 Å². The van der Waals surface area contributed by atoms with Crippen LogP contribution < -0.4 is 4.90 Å². The van der Waals surface area contributed by atoms with E-state index in [1.165, 1.54) is 0 Å². The molecule has 2 aromatic heterocycles. The van der Waals surface area contributed by atoms with Crippen LogP contribution in [0.15, 0.2) is 17.8 Å². The summed E-state index contributed by atoms with van der Waals surface area (Å²) in [5.74, 6) is 1.79. The van der Waals surface area contributed by atoms with Gasteiger partial charge in [-0.05, 0) is 17.4 Å². The van der Waals surface area contributed by atoms with Crippen LogP contribution in [0.25, 0.3) is 10.2 Å². The third kappa shape index (κ3) is 3.06. The lowest BCUT2D eigenvalue weighted by atomic mass is 9.96. The highest BCUT2D eigenvalue weighted by Gasteiger charge is 2.35. The summed E-state index contributed by atoms with van der Waals surface area (Å²) in [5.41, 5.74) is 0. The fourth-order valence-electron chi connectivity index (χ4n) is 3.67. The SMILES string of the molecule is OC[C@H]1CN(c2ncnc3sccc23)C[C@H]1CN1CCOCC1. The number of rotatable bonds is 4. The Morgan fingerprint density at radius 1 is 1.22 bits per heavy atom. The highest BCUT2D eigenvalue weighted by molar-refractivity contribution is 7.16. The van der Waals surface area contributed by atoms with E-state index in [1.807, 2.05) is 0 Å². The number of hydrogen-bond donors (Lipinski definition) is 1. The van der Waals surface area contributed by atoms with Gasteiger partial charge in [-0.2, -0.15) is 0 Å². The van der Waals surface area contributed by atoms with E-state index in [1.54, 1.807) is 17.7 Å². The van der Waals surface area contributed by atoms with Crippen LogP contribution in [0.2, 0.25) is 0 Å². The summed E-state index contributed by atoms with van der Waals surface area (Å²) in [7, 11) is 0. The summed E-state index contributed by atoms with van der Waals surface area (Å²) in [6.45, 7) is 6.72. The van der Waals surface area contributed by atoms with E-state index in [2.05, 4.69) is 31.2 Å². The molecule has 2 saturated heterocycles. The number of nitrogens with zero attached hydrogens (tertiary/aromatic N) is 4. The molecule has 0 bridgehead atoms. The molecule has 23 heavy (non-hydrogen) atoms. The second-order valence-corrected chi connectivity index (χ2v) is 7.25. The van der Waals surface area contributed by atoms with Gasteiger partial charge in [-0.25, -0.2) is 9.97 Å². The zero-order chi connectivity index (χ0) is 15.6. The Hall–Kier alpha value is -1.28. The van der Waals surface area contributed by atoms with Crippen molar-refractivity contribution in [1.82, 2.24) is 14.9 Å². The number of morpholine rings is 1. The molecule has 124 valence electrons. The normalized spacial score (nSPS) is 26.2. The maximum absolute atomic E-state index is 9.80. The molecule has 2 aliphatic rings. The van der Waals surface area contributed by atoms with Crippen molar-refractivity contribution in [3.63, 3.8) is 0 Å². The Labute approximate surface area is 139 Å². The molecule has 0 spiro atoms. The minimum Gasteiger partial charge on any atom is -0.396 e. The van der Waals surface area contributed by atoms with Crippen molar-refractivity contribution in [3.05, 3.63) is 17.8 Å². The average molecular weight is 334 g/mol. The monoisotopic (exact) mass is 334 g/mol. The minimum absolute atomic E-state index is 0.239.